The summed E-state index contributed by atoms with van der Waals surface area (Å²) >= 11 is 0. The van der Waals surface area contributed by atoms with Gasteiger partial charge in [0.25, 0.3) is 5.56 Å². The van der Waals surface area contributed by atoms with E-state index in [0.717, 1.165) is 23.3 Å². The van der Waals surface area contributed by atoms with Gasteiger partial charge in [-0.2, -0.15) is 13.2 Å². The Kier molecular flexibility index (Phi) is 7.21. The molecule has 3 heterocycles. The number of aromatic nitrogens is 2. The van der Waals surface area contributed by atoms with Gasteiger partial charge in [0.2, 0.25) is 5.95 Å². The van der Waals surface area contributed by atoms with E-state index >= 15 is 0 Å². The Morgan fingerprint density at radius 1 is 1.11 bits per heavy atom. The van der Waals surface area contributed by atoms with Gasteiger partial charge >= 0.3 is 6.18 Å². The molecule has 2 aliphatic heterocycles. The molecule has 3 aromatic rings. The highest BCUT2D eigenvalue weighted by atomic mass is 19.4. The van der Waals surface area contributed by atoms with Crippen LogP contribution in [0.15, 0.2) is 70.5 Å². The zero-order valence-corrected chi connectivity index (χ0v) is 21.0. The van der Waals surface area contributed by atoms with Crippen molar-refractivity contribution in [2.24, 2.45) is 10.9 Å². The Labute approximate surface area is 218 Å². The van der Waals surface area contributed by atoms with Gasteiger partial charge in [-0.1, -0.05) is 49.4 Å². The van der Waals surface area contributed by atoms with E-state index in [1.807, 2.05) is 42.2 Å². The van der Waals surface area contributed by atoms with Crippen molar-refractivity contribution in [3.8, 4) is 11.1 Å². The molecule has 2 aromatic carbocycles. The lowest BCUT2D eigenvalue weighted by Crippen LogP contribution is -2.43. The van der Waals surface area contributed by atoms with Crippen LogP contribution in [0, 0.1) is 5.92 Å². The maximum Gasteiger partial charge on any atom is 0.416 e. The number of dihydropyridines is 1. The summed E-state index contributed by atoms with van der Waals surface area (Å²) < 4.78 is 42.2. The average molecular weight is 523 g/mol. The van der Waals surface area contributed by atoms with Crippen molar-refractivity contribution in [2.45, 2.75) is 38.6 Å². The number of alkyl halides is 3. The van der Waals surface area contributed by atoms with Crippen molar-refractivity contribution in [1.82, 2.24) is 9.55 Å². The van der Waals surface area contributed by atoms with E-state index in [1.165, 1.54) is 16.7 Å². The average Bonchev–Trinajstić information content (AvgIpc) is 2.89. The maximum absolute atomic E-state index is 14.0. The number of hydrogen-bond donors (Lipinski definition) is 1. The second kappa shape index (κ2) is 10.6. The van der Waals surface area contributed by atoms with Crippen LogP contribution >= 0.6 is 0 Å². The van der Waals surface area contributed by atoms with E-state index in [0.29, 0.717) is 44.1 Å². The molecule has 38 heavy (non-hydrogen) atoms. The van der Waals surface area contributed by atoms with Crippen molar-refractivity contribution >= 4 is 17.7 Å². The Bertz CT molecular complexity index is 1430. The molecule has 0 saturated heterocycles. The lowest BCUT2D eigenvalue weighted by Gasteiger charge is -2.33. The zero-order valence-electron chi connectivity index (χ0n) is 21.0. The molecule has 198 valence electrons. The van der Waals surface area contributed by atoms with Crippen LogP contribution in [-0.4, -0.2) is 46.6 Å². The minimum atomic E-state index is -4.54. The van der Waals surface area contributed by atoms with E-state index in [9.17, 15) is 23.1 Å². The van der Waals surface area contributed by atoms with Gasteiger partial charge in [0.1, 0.15) is 0 Å². The van der Waals surface area contributed by atoms with Gasteiger partial charge in [0.15, 0.2) is 0 Å². The van der Waals surface area contributed by atoms with Crippen molar-refractivity contribution in [3.63, 3.8) is 0 Å². The lowest BCUT2D eigenvalue weighted by atomic mass is 9.90. The summed E-state index contributed by atoms with van der Waals surface area (Å²) in [7, 11) is 0. The van der Waals surface area contributed by atoms with Crippen molar-refractivity contribution < 1.29 is 18.3 Å². The number of allylic oxidation sites excluding steroid dienone is 1. The molecule has 0 fully saturated rings. The third kappa shape index (κ3) is 5.29. The number of nitrogens with zero attached hydrogens (tertiary/aromatic N) is 4. The summed E-state index contributed by atoms with van der Waals surface area (Å²) in [5, 5.41) is 10.9. The fourth-order valence-corrected chi connectivity index (χ4v) is 5.13. The molecule has 0 saturated carbocycles. The molecule has 0 aliphatic carbocycles. The molecule has 0 spiro atoms. The second-order valence-electron chi connectivity index (χ2n) is 9.85. The van der Waals surface area contributed by atoms with E-state index in [2.05, 4.69) is 4.99 Å². The number of β-amino-alcohol motifs (C(OH)–C–C–N with tert-alkyl or cyclic N) is 1. The summed E-state index contributed by atoms with van der Waals surface area (Å²) in [6.45, 7) is 3.73. The van der Waals surface area contributed by atoms with Gasteiger partial charge in [-0.25, -0.2) is 4.98 Å². The number of fused-ring (bicyclic) bond motifs is 1. The van der Waals surface area contributed by atoms with E-state index in [-0.39, 0.29) is 29.1 Å². The van der Waals surface area contributed by atoms with Gasteiger partial charge in [0.05, 0.1) is 22.9 Å². The standard InChI is InChI=1S/C29H29F3N4O2/c1-19-17-33-12-11-24(19)26-25(21-9-5-10-22(16-21)29(30,31)32)27(38)36-14-6-13-35(28(36)34-26)18-23(37)15-20-7-3-2-4-8-20/h2-5,7-12,16,19,23,37H,6,13-15,17-18H2,1H3. The Balaban J connectivity index is 1.61. The molecule has 2 atom stereocenters. The number of aliphatic hydroxyl groups excluding tert-OH is 1. The Hall–Kier alpha value is -3.72. The predicted molar refractivity (Wildman–Crippen MR) is 142 cm³/mol. The maximum atomic E-state index is 14.0. The van der Waals surface area contributed by atoms with Crippen LogP contribution in [-0.2, 0) is 19.1 Å². The monoisotopic (exact) mass is 522 g/mol. The van der Waals surface area contributed by atoms with Crippen molar-refractivity contribution in [1.29, 1.82) is 0 Å². The minimum absolute atomic E-state index is 0.0692. The summed E-state index contributed by atoms with van der Waals surface area (Å²) in [5.74, 6) is 0.356. The fourth-order valence-electron chi connectivity index (χ4n) is 5.13. The van der Waals surface area contributed by atoms with Crippen LogP contribution in [0.2, 0.25) is 0 Å². The number of rotatable bonds is 6. The topological polar surface area (TPSA) is 70.7 Å². The molecular formula is C29H29F3N4O2. The van der Waals surface area contributed by atoms with Crippen LogP contribution in [0.3, 0.4) is 0 Å². The van der Waals surface area contributed by atoms with Crippen LogP contribution < -0.4 is 10.5 Å². The molecule has 1 aromatic heterocycles. The SMILES string of the molecule is CC1CN=CC=C1c1nc2n(c(=O)c1-c1cccc(C(F)(F)F)c1)CCCN2CC(O)Cc1ccccc1. The molecule has 9 heteroatoms. The second-order valence-corrected chi connectivity index (χ2v) is 9.85. The first kappa shape index (κ1) is 25.9. The summed E-state index contributed by atoms with van der Waals surface area (Å²) in [6.07, 6.45) is -0.696. The summed E-state index contributed by atoms with van der Waals surface area (Å²) in [4.78, 5) is 25.1. The third-order valence-electron chi connectivity index (χ3n) is 7.01. The van der Waals surface area contributed by atoms with E-state index in [1.54, 1.807) is 12.3 Å². The number of halogens is 3. The third-order valence-corrected chi connectivity index (χ3v) is 7.01. The van der Waals surface area contributed by atoms with Crippen LogP contribution in [0.1, 0.15) is 30.2 Å². The normalized spacial score (nSPS) is 18.2. The molecule has 0 radical (unpaired) electrons. The number of anilines is 1. The Morgan fingerprint density at radius 2 is 1.89 bits per heavy atom. The first-order valence-corrected chi connectivity index (χ1v) is 12.7. The van der Waals surface area contributed by atoms with Crippen LogP contribution in [0.4, 0.5) is 19.1 Å². The zero-order chi connectivity index (χ0) is 26.9. The van der Waals surface area contributed by atoms with Crippen LogP contribution in [0.5, 0.6) is 0 Å². The molecule has 5 rings (SSSR count). The van der Waals surface area contributed by atoms with Crippen LogP contribution in [0.25, 0.3) is 16.7 Å². The number of hydrogen-bond acceptors (Lipinski definition) is 5. The molecule has 1 N–H and O–H groups in total. The Morgan fingerprint density at radius 3 is 2.63 bits per heavy atom. The minimum Gasteiger partial charge on any atom is -0.391 e. The van der Waals surface area contributed by atoms with Gasteiger partial charge in [-0.3, -0.25) is 14.4 Å². The highest BCUT2D eigenvalue weighted by Gasteiger charge is 2.33. The molecular weight excluding hydrogens is 493 g/mol. The van der Waals surface area contributed by atoms with Crippen molar-refractivity contribution in [2.75, 3.05) is 24.5 Å². The van der Waals surface area contributed by atoms with Crippen molar-refractivity contribution in [3.05, 3.63) is 87.8 Å². The van der Waals surface area contributed by atoms with Gasteiger partial charge in [0, 0.05) is 44.7 Å². The summed E-state index contributed by atoms with van der Waals surface area (Å²) in [6, 6.07) is 14.5. The molecule has 0 bridgehead atoms. The highest BCUT2D eigenvalue weighted by Crippen LogP contribution is 2.36. The van der Waals surface area contributed by atoms with E-state index in [4.69, 9.17) is 4.98 Å². The summed E-state index contributed by atoms with van der Waals surface area (Å²) in [5.41, 5.74) is 1.25. The molecule has 0 amide bonds. The fraction of sp³-hybridized carbons (Fsp3) is 0.345. The molecule has 2 aliphatic rings. The lowest BCUT2D eigenvalue weighted by molar-refractivity contribution is -0.137. The van der Waals surface area contributed by atoms with Gasteiger partial charge in [-0.15, -0.1) is 0 Å². The number of benzene rings is 2. The number of aliphatic imine (C=N–C) groups is 1. The first-order chi connectivity index (χ1) is 18.2. The first-order valence-electron chi connectivity index (χ1n) is 12.7. The smallest absolute Gasteiger partial charge is 0.391 e. The quantitative estimate of drug-likeness (QED) is 0.503. The highest BCUT2D eigenvalue weighted by molar-refractivity contribution is 5.90. The van der Waals surface area contributed by atoms with Gasteiger partial charge < -0.3 is 10.0 Å². The van der Waals surface area contributed by atoms with Gasteiger partial charge in [-0.05, 0) is 41.3 Å². The molecule has 6 nitrogen and oxygen atoms in total. The predicted octanol–water partition coefficient (Wildman–Crippen LogP) is 4.85. The van der Waals surface area contributed by atoms with E-state index < -0.39 is 17.8 Å². The molecule has 2 unspecified atom stereocenters. The largest absolute Gasteiger partial charge is 0.416 e. The number of aliphatic hydroxyl groups is 1.